The molecule has 0 radical (unpaired) electrons. The predicted molar refractivity (Wildman–Crippen MR) is 253 cm³/mol. The van der Waals surface area contributed by atoms with E-state index in [-0.39, 0.29) is 0 Å². The molecule has 5 heteroatoms. The first kappa shape index (κ1) is 38.1. The highest BCUT2D eigenvalue weighted by Gasteiger charge is 2.50. The van der Waals surface area contributed by atoms with Crippen molar-refractivity contribution in [2.45, 2.75) is 91.1 Å². The molecule has 0 N–H and O–H groups in total. The van der Waals surface area contributed by atoms with Crippen molar-refractivity contribution in [3.05, 3.63) is 122 Å². The van der Waals surface area contributed by atoms with Crippen LogP contribution in [-0.2, 0) is 0 Å². The third-order valence-corrected chi connectivity index (χ3v) is 21.3. The van der Waals surface area contributed by atoms with Crippen molar-refractivity contribution in [1.29, 1.82) is 0 Å². The van der Waals surface area contributed by atoms with Crippen LogP contribution in [0.25, 0.3) is 74.3 Å². The van der Waals surface area contributed by atoms with Gasteiger partial charge in [-0.1, -0.05) is 164 Å². The Kier molecular flexibility index (Phi) is 11.0. The zero-order chi connectivity index (χ0) is 38.9. The van der Waals surface area contributed by atoms with Crippen LogP contribution in [0, 0.1) is 11.8 Å². The quantitative estimate of drug-likeness (QED) is 0.0762. The van der Waals surface area contributed by atoms with Crippen LogP contribution >= 0.6 is 22.7 Å². The fourth-order valence-corrected chi connectivity index (χ4v) is 20.3. The monoisotopic (exact) mass is 798 g/mol. The molecular weight excluding hydrogens is 745 g/mol. The highest BCUT2D eigenvalue weighted by molar-refractivity contribution is 7.31. The molecule has 0 saturated heterocycles. The van der Waals surface area contributed by atoms with Gasteiger partial charge in [-0.25, -0.2) is 0 Å². The van der Waals surface area contributed by atoms with E-state index < -0.39 is 8.07 Å². The Morgan fingerprint density at radius 3 is 1.47 bits per heavy atom. The van der Waals surface area contributed by atoms with Gasteiger partial charge in [0.05, 0.1) is 11.0 Å². The highest BCUT2D eigenvalue weighted by Crippen LogP contribution is 2.49. The fourth-order valence-electron chi connectivity index (χ4n) is 9.90. The predicted octanol–water partition coefficient (Wildman–Crippen LogP) is 15.0. The number of benzene rings is 5. The maximum Gasteiger partial charge on any atom is 0.122 e. The van der Waals surface area contributed by atoms with E-state index in [2.05, 4.69) is 160 Å². The van der Waals surface area contributed by atoms with Crippen LogP contribution in [-0.4, -0.2) is 18.0 Å². The van der Waals surface area contributed by atoms with E-state index in [4.69, 9.17) is 9.97 Å². The Balaban J connectivity index is 1.22. The molecule has 2 atom stereocenters. The van der Waals surface area contributed by atoms with Crippen molar-refractivity contribution in [2.75, 3.05) is 0 Å². The van der Waals surface area contributed by atoms with Crippen LogP contribution in [0.5, 0.6) is 0 Å². The third kappa shape index (κ3) is 7.00. The molecule has 0 bridgehead atoms. The summed E-state index contributed by atoms with van der Waals surface area (Å²) in [6.45, 7) is 9.65. The minimum absolute atomic E-state index is 0.767. The van der Waals surface area contributed by atoms with Gasteiger partial charge in [0.2, 0.25) is 0 Å². The van der Waals surface area contributed by atoms with Gasteiger partial charge in [0, 0.05) is 42.7 Å². The van der Waals surface area contributed by atoms with Crippen LogP contribution in [0.4, 0.5) is 0 Å². The largest absolute Gasteiger partial charge is 0.252 e. The Hall–Kier alpha value is -4.42. The lowest BCUT2D eigenvalue weighted by atomic mass is 9.94. The molecule has 0 spiro atoms. The summed E-state index contributed by atoms with van der Waals surface area (Å²) in [5.41, 5.74) is 7.04. The number of fused-ring (bicyclic) bond motifs is 9. The number of nitrogens with zero attached hydrogens (tertiary/aromatic N) is 2. The van der Waals surface area contributed by atoms with Crippen LogP contribution < -0.4 is 10.4 Å². The molecule has 288 valence electrons. The summed E-state index contributed by atoms with van der Waals surface area (Å²) in [6, 6.07) is 44.0. The number of aromatic nitrogens is 2. The normalized spacial score (nSPS) is 16.0. The summed E-state index contributed by atoms with van der Waals surface area (Å²) in [5, 5.41) is 8.32. The van der Waals surface area contributed by atoms with Gasteiger partial charge in [-0.3, -0.25) is 9.97 Å². The van der Waals surface area contributed by atoms with Crippen LogP contribution in [0.1, 0.15) is 79.1 Å². The summed E-state index contributed by atoms with van der Waals surface area (Å²) in [6.07, 6.45) is 14.2. The molecule has 1 aliphatic rings. The number of hydrogen-bond donors (Lipinski definition) is 0. The minimum Gasteiger partial charge on any atom is -0.252 e. The molecule has 2 nitrogen and oxygen atoms in total. The minimum atomic E-state index is -2.13. The molecule has 0 fully saturated rings. The van der Waals surface area contributed by atoms with E-state index in [1.807, 2.05) is 12.4 Å². The molecule has 4 heterocycles. The van der Waals surface area contributed by atoms with Crippen molar-refractivity contribution >= 4 is 73.7 Å². The number of rotatable bonds is 15. The van der Waals surface area contributed by atoms with Gasteiger partial charge in [0.15, 0.2) is 0 Å². The molecule has 0 aliphatic carbocycles. The SMILES string of the molecule is CCCCC(CC)C[Si]1(CC(CC)CCCC)c2cc(-c3ccccc3)sc2-c2sc(-c3ccc4c5ccc(-c6ccccc6)cc5c5nccnc5c4c3)cc21. The summed E-state index contributed by atoms with van der Waals surface area (Å²) >= 11 is 4.13. The second kappa shape index (κ2) is 16.4. The first-order chi connectivity index (χ1) is 28.0. The van der Waals surface area contributed by atoms with E-state index >= 15 is 0 Å². The van der Waals surface area contributed by atoms with Crippen molar-refractivity contribution in [2.24, 2.45) is 11.8 Å². The van der Waals surface area contributed by atoms with Crippen LogP contribution in [0.2, 0.25) is 12.1 Å². The molecular formula is C52H54N2S2Si. The Labute approximate surface area is 348 Å². The Morgan fingerprint density at radius 2 is 0.965 bits per heavy atom. The fraction of sp³-hybridized carbons (Fsp3) is 0.308. The molecule has 2 unspecified atom stereocenters. The lowest BCUT2D eigenvalue weighted by Gasteiger charge is -2.35. The molecule has 5 aromatic carbocycles. The maximum atomic E-state index is 5.01. The van der Waals surface area contributed by atoms with Gasteiger partial charge in [-0.2, -0.15) is 0 Å². The average molecular weight is 799 g/mol. The van der Waals surface area contributed by atoms with Crippen LogP contribution in [0.3, 0.4) is 0 Å². The van der Waals surface area contributed by atoms with E-state index in [0.717, 1.165) is 28.3 Å². The second-order valence-corrected chi connectivity index (χ2v) is 22.7. The zero-order valence-corrected chi connectivity index (χ0v) is 36.6. The third-order valence-electron chi connectivity index (χ3n) is 13.1. The van der Waals surface area contributed by atoms with Gasteiger partial charge >= 0.3 is 0 Å². The van der Waals surface area contributed by atoms with Crippen LogP contribution in [0.15, 0.2) is 122 Å². The summed E-state index contributed by atoms with van der Waals surface area (Å²) in [7, 11) is -2.13. The van der Waals surface area contributed by atoms with Crippen molar-refractivity contribution in [1.82, 2.24) is 9.97 Å². The lowest BCUT2D eigenvalue weighted by Crippen LogP contribution is -2.56. The molecule has 0 saturated carbocycles. The molecule has 0 amide bonds. The number of thiophene rings is 2. The zero-order valence-electron chi connectivity index (χ0n) is 34.0. The molecule has 1 aliphatic heterocycles. The van der Waals surface area contributed by atoms with E-state index in [1.165, 1.54) is 112 Å². The highest BCUT2D eigenvalue weighted by atomic mass is 32.1. The van der Waals surface area contributed by atoms with Crippen molar-refractivity contribution in [3.8, 4) is 41.8 Å². The standard InChI is InChI=1S/C52H54N2S2Si/c1-5-9-17-35(7-3)33-57(34-36(8-4)18-10-6-2)47-31-45(38-21-15-12-16-22-38)55-51(47)52-48(57)32-46(56-52)40-24-26-42-41-25-23-39(37-19-13-11-14-20-37)29-43(41)49-50(44(42)30-40)54-28-27-53-49/h11-16,19-32,35-36H,5-10,17-18,33-34H2,1-4H3. The summed E-state index contributed by atoms with van der Waals surface area (Å²) < 4.78 is 0. The van der Waals surface area contributed by atoms with E-state index in [1.54, 1.807) is 20.1 Å². The van der Waals surface area contributed by atoms with Gasteiger partial charge in [0.25, 0.3) is 0 Å². The number of hydrogen-bond acceptors (Lipinski definition) is 4. The Morgan fingerprint density at radius 1 is 0.491 bits per heavy atom. The van der Waals surface area contributed by atoms with E-state index in [9.17, 15) is 0 Å². The maximum absolute atomic E-state index is 5.01. The first-order valence-electron chi connectivity index (χ1n) is 21.6. The lowest BCUT2D eigenvalue weighted by molar-refractivity contribution is 0.469. The molecule has 8 aromatic rings. The topological polar surface area (TPSA) is 25.8 Å². The molecule has 9 rings (SSSR count). The first-order valence-corrected chi connectivity index (χ1v) is 25.6. The molecule has 57 heavy (non-hydrogen) atoms. The number of unbranched alkanes of at least 4 members (excludes halogenated alkanes) is 2. The Bertz CT molecular complexity index is 2620. The summed E-state index contributed by atoms with van der Waals surface area (Å²) in [4.78, 5) is 16.0. The van der Waals surface area contributed by atoms with Gasteiger partial charge in [-0.05, 0) is 91.6 Å². The average Bonchev–Trinajstić information content (AvgIpc) is 3.97. The molecule has 3 aromatic heterocycles. The van der Waals surface area contributed by atoms with Crippen molar-refractivity contribution in [3.63, 3.8) is 0 Å². The van der Waals surface area contributed by atoms with Crippen molar-refractivity contribution < 1.29 is 0 Å². The van der Waals surface area contributed by atoms with Gasteiger partial charge < -0.3 is 0 Å². The second-order valence-electron chi connectivity index (χ2n) is 16.5. The van der Waals surface area contributed by atoms with Gasteiger partial charge in [-0.15, -0.1) is 22.7 Å². The smallest absolute Gasteiger partial charge is 0.122 e. The summed E-state index contributed by atoms with van der Waals surface area (Å²) in [5.74, 6) is 1.53. The van der Waals surface area contributed by atoms with E-state index in [0.29, 0.717) is 0 Å². The van der Waals surface area contributed by atoms with Gasteiger partial charge in [0.1, 0.15) is 8.07 Å².